The van der Waals surface area contributed by atoms with Gasteiger partial charge in [-0.2, -0.15) is 0 Å². The van der Waals surface area contributed by atoms with E-state index in [1.807, 2.05) is 20.8 Å². The van der Waals surface area contributed by atoms with Crippen LogP contribution in [0.4, 0.5) is 0 Å². The Labute approximate surface area is 64.7 Å². The zero-order chi connectivity index (χ0) is 9.11. The second-order valence-electron chi connectivity index (χ2n) is 1.42. The zero-order valence-electron chi connectivity index (χ0n) is 8.13. The van der Waals surface area contributed by atoms with E-state index in [1.54, 1.807) is 12.4 Å². The molecule has 1 heterocycles. The van der Waals surface area contributed by atoms with E-state index in [2.05, 4.69) is 9.97 Å². The van der Waals surface area contributed by atoms with Gasteiger partial charge in [-0.15, -0.1) is 0 Å². The first-order valence-corrected chi connectivity index (χ1v) is 3.11. The molecule has 0 aliphatic carbocycles. The third kappa shape index (κ3) is 5.22. The number of nitrogens with zero attached hydrogens (tertiary/aromatic N) is 2. The first-order chi connectivity index (χ1) is 5.39. The molecule has 58 valence electrons. The summed E-state index contributed by atoms with van der Waals surface area (Å²) in [5, 5.41) is 0. The van der Waals surface area contributed by atoms with Crippen molar-refractivity contribution in [2.45, 2.75) is 28.2 Å². The first-order valence-electron chi connectivity index (χ1n) is 4.11. The number of hydrogen-bond donors (Lipinski definition) is 0. The molecule has 2 heteroatoms. The molecule has 0 amide bonds. The van der Waals surface area contributed by atoms with Crippen LogP contribution in [0.5, 0.6) is 0 Å². The summed E-state index contributed by atoms with van der Waals surface area (Å²) < 4.78 is 5.75. The van der Waals surface area contributed by atoms with Gasteiger partial charge < -0.3 is 0 Å². The molecule has 10 heavy (non-hydrogen) atoms. The normalized spacial score (nSPS) is 7.40. The largest absolute Gasteiger partial charge is 0.245 e. The number of rotatable bonds is 0. The maximum absolute atomic E-state index is 5.75. The zero-order valence-corrected chi connectivity index (χ0v) is 7.13. The molecule has 0 radical (unpaired) electrons. The Bertz CT molecular complexity index is 142. The third-order valence-corrected chi connectivity index (χ3v) is 0.690. The fourth-order valence-corrected chi connectivity index (χ4v) is 0.374. The maximum atomic E-state index is 5.75. The van der Waals surface area contributed by atoms with Crippen LogP contribution >= 0.6 is 0 Å². The van der Waals surface area contributed by atoms with Gasteiger partial charge in [0.05, 0.1) is 0 Å². The van der Waals surface area contributed by atoms with Crippen molar-refractivity contribution >= 4 is 0 Å². The number of aromatic nitrogens is 2. The van der Waals surface area contributed by atoms with E-state index < -0.39 is 0 Å². The molecule has 0 spiro atoms. The second-order valence-corrected chi connectivity index (χ2v) is 1.42. The minimum atomic E-state index is 1.10. The van der Waals surface area contributed by atoms with E-state index in [0.717, 1.165) is 5.56 Å². The van der Waals surface area contributed by atoms with Crippen molar-refractivity contribution in [1.82, 2.24) is 9.97 Å². The van der Waals surface area contributed by atoms with Crippen LogP contribution < -0.4 is 0 Å². The minimum absolute atomic E-state index is 1.10. The molecule has 0 fully saturated rings. The minimum Gasteiger partial charge on any atom is -0.245 e. The van der Waals surface area contributed by atoms with Crippen LogP contribution in [0.2, 0.25) is 0 Å². The second kappa shape index (κ2) is 8.08. The van der Waals surface area contributed by atoms with Crippen LogP contribution in [-0.4, -0.2) is 9.97 Å². The van der Waals surface area contributed by atoms with Gasteiger partial charge in [0.1, 0.15) is 6.33 Å². The van der Waals surface area contributed by atoms with E-state index in [1.165, 1.54) is 13.7 Å². The Morgan fingerprint density at radius 1 is 1.30 bits per heavy atom. The van der Waals surface area contributed by atoms with Gasteiger partial charge in [-0.25, -0.2) is 9.97 Å². The highest BCUT2D eigenvalue weighted by molar-refractivity contribution is 4.96. The van der Waals surface area contributed by atoms with Crippen molar-refractivity contribution in [3.8, 4) is 0 Å². The van der Waals surface area contributed by atoms with Crippen LogP contribution in [0.3, 0.4) is 0 Å². The summed E-state index contributed by atoms with van der Waals surface area (Å²) in [5.41, 5.74) is 1.10. The first kappa shape index (κ1) is 9.08. The quantitative estimate of drug-likeness (QED) is 0.554. The molecule has 1 aromatic rings. The smallest absolute Gasteiger partial charge is 0.115 e. The molecule has 2 nitrogen and oxygen atoms in total. The highest BCUT2D eigenvalue weighted by Crippen LogP contribution is 1.84. The van der Waals surface area contributed by atoms with Gasteiger partial charge in [-0.3, -0.25) is 0 Å². The summed E-state index contributed by atoms with van der Waals surface area (Å²) in [6, 6.07) is 0. The van der Waals surface area contributed by atoms with Crippen LogP contribution in [0.1, 0.15) is 28.2 Å². The van der Waals surface area contributed by atoms with Crippen molar-refractivity contribution in [3.05, 3.63) is 24.3 Å². The molecule has 1 rings (SSSR count). The molecule has 0 saturated heterocycles. The summed E-state index contributed by atoms with van der Waals surface area (Å²) in [7, 11) is 1.25. The van der Waals surface area contributed by atoms with Crippen LogP contribution in [0.15, 0.2) is 18.7 Å². The van der Waals surface area contributed by atoms with Crippen molar-refractivity contribution in [2.24, 2.45) is 0 Å². The van der Waals surface area contributed by atoms with Gasteiger partial charge in [-0.1, -0.05) is 21.3 Å². The standard InChI is InChI=1S/C5H6N2.C2H6.CH4/c1-5-2-6-4-7-3-5;1-2;/h2-4H,1H3;1-2H3;1H4/i;;1D. The van der Waals surface area contributed by atoms with Crippen molar-refractivity contribution in [2.75, 3.05) is 0 Å². The third-order valence-electron chi connectivity index (χ3n) is 0.690. The van der Waals surface area contributed by atoms with E-state index in [0.29, 0.717) is 0 Å². The van der Waals surface area contributed by atoms with Gasteiger partial charge in [-0.05, 0) is 12.5 Å². The van der Waals surface area contributed by atoms with Crippen molar-refractivity contribution in [3.63, 3.8) is 0 Å². The average molecular weight is 141 g/mol. The van der Waals surface area contributed by atoms with E-state index in [-0.39, 0.29) is 0 Å². The van der Waals surface area contributed by atoms with Gasteiger partial charge >= 0.3 is 0 Å². The fourth-order valence-electron chi connectivity index (χ4n) is 0.374. The molecule has 0 saturated carbocycles. The summed E-state index contributed by atoms with van der Waals surface area (Å²) >= 11 is 0. The fraction of sp³-hybridized carbons (Fsp3) is 0.500. The molecule has 0 aromatic carbocycles. The van der Waals surface area contributed by atoms with E-state index in [9.17, 15) is 0 Å². The highest BCUT2D eigenvalue weighted by atomic mass is 14.8. The van der Waals surface area contributed by atoms with Gasteiger partial charge in [0.15, 0.2) is 0 Å². The van der Waals surface area contributed by atoms with Gasteiger partial charge in [0, 0.05) is 13.8 Å². The molecular formula is C8H16N2. The Kier molecular flexibility index (Phi) is 7.34. The SMILES string of the molecule is CC.Cc1cncnc1.[2H]C. The van der Waals surface area contributed by atoms with Gasteiger partial charge in [0.2, 0.25) is 0 Å². The Morgan fingerprint density at radius 2 is 1.70 bits per heavy atom. The average Bonchev–Trinajstić information content (AvgIpc) is 2.13. The lowest BCUT2D eigenvalue weighted by Gasteiger charge is -1.81. The molecule has 0 bridgehead atoms. The van der Waals surface area contributed by atoms with Crippen molar-refractivity contribution < 1.29 is 1.37 Å². The van der Waals surface area contributed by atoms with Crippen LogP contribution in [0.25, 0.3) is 0 Å². The Morgan fingerprint density at radius 3 is 1.90 bits per heavy atom. The van der Waals surface area contributed by atoms with E-state index in [4.69, 9.17) is 1.37 Å². The Balaban J connectivity index is 0. The lowest BCUT2D eigenvalue weighted by Crippen LogP contribution is -1.75. The molecule has 1 aromatic heterocycles. The van der Waals surface area contributed by atoms with Crippen LogP contribution in [0, 0.1) is 6.92 Å². The summed E-state index contributed by atoms with van der Waals surface area (Å²) in [6.07, 6.45) is 5.06. The summed E-state index contributed by atoms with van der Waals surface area (Å²) in [6.45, 7) is 5.96. The monoisotopic (exact) mass is 141 g/mol. The Hall–Kier alpha value is -0.920. The predicted molar refractivity (Wildman–Crippen MR) is 44.8 cm³/mol. The summed E-state index contributed by atoms with van der Waals surface area (Å²) in [4.78, 5) is 7.55. The lowest BCUT2D eigenvalue weighted by atomic mass is 10.4. The predicted octanol–water partition coefficient (Wildman–Crippen LogP) is 2.45. The number of aryl methyl sites for hydroxylation is 1. The molecule has 0 unspecified atom stereocenters. The molecule has 0 N–H and O–H groups in total. The summed E-state index contributed by atoms with van der Waals surface area (Å²) in [5.74, 6) is 0. The lowest BCUT2D eigenvalue weighted by molar-refractivity contribution is 1.13. The van der Waals surface area contributed by atoms with Crippen LogP contribution in [-0.2, 0) is 0 Å². The molecule has 0 atom stereocenters. The molecule has 0 aliphatic heterocycles. The van der Waals surface area contributed by atoms with Crippen molar-refractivity contribution in [1.29, 1.82) is 0 Å². The molecule has 0 aliphatic rings. The van der Waals surface area contributed by atoms with Gasteiger partial charge in [0.25, 0.3) is 0 Å². The highest BCUT2D eigenvalue weighted by Gasteiger charge is 1.74. The topological polar surface area (TPSA) is 25.8 Å². The molecular weight excluding hydrogens is 124 g/mol. The number of hydrogen-bond acceptors (Lipinski definition) is 2. The van der Waals surface area contributed by atoms with E-state index >= 15 is 0 Å². The maximum Gasteiger partial charge on any atom is 0.115 e.